The highest BCUT2D eigenvalue weighted by Gasteiger charge is 2.30. The molecule has 3 nitrogen and oxygen atoms in total. The van der Waals surface area contributed by atoms with Crippen molar-refractivity contribution >= 4 is 15.9 Å². The minimum Gasteiger partial charge on any atom is -1.00 e. The standard InChI is InChI=1S/C18H19BrNO2.BrH/c1-20(10-13-2-4-16(19)5-3-13)7-6-14-8-17-18(22-12-21-17)9-15(14)11-20;/h2-5,8-9H,6-7,10-12H2,1H3;1H/q+1;/p-1. The molecule has 2 aromatic rings. The lowest BCUT2D eigenvalue weighted by Crippen LogP contribution is -3.00. The molecule has 0 spiro atoms. The lowest BCUT2D eigenvalue weighted by Gasteiger charge is -2.39. The van der Waals surface area contributed by atoms with Crippen molar-refractivity contribution in [3.05, 3.63) is 57.6 Å². The first-order valence-electron chi connectivity index (χ1n) is 7.61. The van der Waals surface area contributed by atoms with Gasteiger partial charge in [0.1, 0.15) is 13.1 Å². The van der Waals surface area contributed by atoms with Crippen LogP contribution in [0.15, 0.2) is 40.9 Å². The van der Waals surface area contributed by atoms with Crippen LogP contribution in [-0.4, -0.2) is 24.9 Å². The van der Waals surface area contributed by atoms with E-state index in [1.54, 1.807) is 0 Å². The summed E-state index contributed by atoms with van der Waals surface area (Å²) in [5.74, 6) is 1.80. The maximum Gasteiger partial charge on any atom is 0.231 e. The molecule has 1 unspecified atom stereocenters. The van der Waals surface area contributed by atoms with Crippen molar-refractivity contribution in [1.29, 1.82) is 0 Å². The van der Waals surface area contributed by atoms with Gasteiger partial charge in [-0.3, -0.25) is 0 Å². The normalized spacial score (nSPS) is 21.5. The summed E-state index contributed by atoms with van der Waals surface area (Å²) in [5, 5.41) is 0. The summed E-state index contributed by atoms with van der Waals surface area (Å²) in [4.78, 5) is 0. The average Bonchev–Trinajstić information content (AvgIpc) is 2.94. The summed E-state index contributed by atoms with van der Waals surface area (Å²) < 4.78 is 13.2. The maximum atomic E-state index is 5.53. The first kappa shape index (κ1) is 16.8. The minimum atomic E-state index is 0. The van der Waals surface area contributed by atoms with E-state index in [-0.39, 0.29) is 17.0 Å². The Hall–Kier alpha value is -1.04. The molecule has 23 heavy (non-hydrogen) atoms. The van der Waals surface area contributed by atoms with Gasteiger partial charge >= 0.3 is 0 Å². The Morgan fingerprint density at radius 2 is 1.70 bits per heavy atom. The number of hydrogen-bond donors (Lipinski definition) is 0. The van der Waals surface area contributed by atoms with Gasteiger partial charge in [0.2, 0.25) is 6.79 Å². The highest BCUT2D eigenvalue weighted by atomic mass is 79.9. The van der Waals surface area contributed by atoms with Crippen LogP contribution in [0, 0.1) is 0 Å². The predicted octanol–water partition coefficient (Wildman–Crippen LogP) is 0.885. The van der Waals surface area contributed by atoms with Gasteiger partial charge in [0.05, 0.1) is 13.6 Å². The fraction of sp³-hybridized carbons (Fsp3) is 0.333. The van der Waals surface area contributed by atoms with Gasteiger partial charge in [-0.05, 0) is 29.8 Å². The van der Waals surface area contributed by atoms with Gasteiger partial charge in [0.25, 0.3) is 0 Å². The summed E-state index contributed by atoms with van der Waals surface area (Å²) in [6.07, 6.45) is 1.10. The van der Waals surface area contributed by atoms with Crippen LogP contribution in [0.1, 0.15) is 16.7 Å². The van der Waals surface area contributed by atoms with E-state index in [2.05, 4.69) is 59.4 Å². The highest BCUT2D eigenvalue weighted by molar-refractivity contribution is 9.10. The Morgan fingerprint density at radius 1 is 1.04 bits per heavy atom. The Kier molecular flexibility index (Phi) is 4.72. The molecule has 2 heterocycles. The third kappa shape index (κ3) is 3.42. The molecule has 0 saturated heterocycles. The van der Waals surface area contributed by atoms with E-state index in [4.69, 9.17) is 9.47 Å². The molecule has 0 saturated carbocycles. The lowest BCUT2D eigenvalue weighted by atomic mass is 9.96. The number of fused-ring (bicyclic) bond motifs is 2. The number of likely N-dealkylation sites (N-methyl/N-ethyl adjacent to an activating group) is 1. The minimum absolute atomic E-state index is 0. The maximum absolute atomic E-state index is 5.53. The Bertz CT molecular complexity index is 718. The molecule has 2 aliphatic heterocycles. The second-order valence-electron chi connectivity index (χ2n) is 6.51. The van der Waals surface area contributed by atoms with Crippen LogP contribution in [0.4, 0.5) is 0 Å². The molecule has 0 fully saturated rings. The Morgan fingerprint density at radius 3 is 2.39 bits per heavy atom. The molecule has 5 heteroatoms. The van der Waals surface area contributed by atoms with Crippen molar-refractivity contribution in [3.63, 3.8) is 0 Å². The fourth-order valence-electron chi connectivity index (χ4n) is 3.45. The Labute approximate surface area is 155 Å². The highest BCUT2D eigenvalue weighted by Crippen LogP contribution is 2.38. The first-order chi connectivity index (χ1) is 10.6. The fourth-order valence-corrected chi connectivity index (χ4v) is 3.72. The monoisotopic (exact) mass is 439 g/mol. The average molecular weight is 441 g/mol. The van der Waals surface area contributed by atoms with Crippen LogP contribution in [0.2, 0.25) is 0 Å². The van der Waals surface area contributed by atoms with E-state index in [9.17, 15) is 0 Å². The molecule has 1 atom stereocenters. The molecule has 122 valence electrons. The third-order valence-electron chi connectivity index (χ3n) is 4.65. The number of rotatable bonds is 2. The predicted molar refractivity (Wildman–Crippen MR) is 88.9 cm³/mol. The molecule has 0 aromatic heterocycles. The van der Waals surface area contributed by atoms with Crippen molar-refractivity contribution in [2.45, 2.75) is 19.5 Å². The molecule has 2 aromatic carbocycles. The van der Waals surface area contributed by atoms with E-state index >= 15 is 0 Å². The molecule has 0 amide bonds. The van der Waals surface area contributed by atoms with Gasteiger partial charge in [-0.2, -0.15) is 0 Å². The van der Waals surface area contributed by atoms with Crippen LogP contribution in [-0.2, 0) is 19.5 Å². The van der Waals surface area contributed by atoms with Gasteiger partial charge in [-0.1, -0.05) is 28.1 Å². The van der Waals surface area contributed by atoms with Crippen molar-refractivity contribution in [2.75, 3.05) is 20.4 Å². The van der Waals surface area contributed by atoms with Gasteiger partial charge in [0.15, 0.2) is 11.5 Å². The molecule has 0 N–H and O–H groups in total. The summed E-state index contributed by atoms with van der Waals surface area (Å²) >= 11 is 3.50. The smallest absolute Gasteiger partial charge is 0.231 e. The lowest BCUT2D eigenvalue weighted by molar-refractivity contribution is -0.937. The molecular weight excluding hydrogens is 422 g/mol. The zero-order valence-corrected chi connectivity index (χ0v) is 16.2. The van der Waals surface area contributed by atoms with E-state index < -0.39 is 0 Å². The van der Waals surface area contributed by atoms with Gasteiger partial charge in [-0.25, -0.2) is 0 Å². The number of quaternary nitrogens is 1. The molecule has 0 aliphatic carbocycles. The largest absolute Gasteiger partial charge is 1.00 e. The number of hydrogen-bond acceptors (Lipinski definition) is 2. The Balaban J connectivity index is 0.00000156. The van der Waals surface area contributed by atoms with Crippen LogP contribution in [0.25, 0.3) is 0 Å². The van der Waals surface area contributed by atoms with Crippen molar-refractivity contribution in [2.24, 2.45) is 0 Å². The number of nitrogens with zero attached hydrogens (tertiary/aromatic N) is 1. The third-order valence-corrected chi connectivity index (χ3v) is 5.17. The summed E-state index contributed by atoms with van der Waals surface area (Å²) in [7, 11) is 2.34. The van der Waals surface area contributed by atoms with Crippen LogP contribution >= 0.6 is 15.9 Å². The summed E-state index contributed by atoms with van der Waals surface area (Å²) in [5.41, 5.74) is 4.20. The van der Waals surface area contributed by atoms with Gasteiger partial charge in [-0.15, -0.1) is 0 Å². The number of halogens is 2. The van der Waals surface area contributed by atoms with E-state index in [1.165, 1.54) is 16.7 Å². The van der Waals surface area contributed by atoms with E-state index in [1.807, 2.05) is 0 Å². The van der Waals surface area contributed by atoms with E-state index in [0.717, 1.165) is 46.5 Å². The zero-order chi connectivity index (χ0) is 15.2. The summed E-state index contributed by atoms with van der Waals surface area (Å²) in [6, 6.07) is 13.0. The van der Waals surface area contributed by atoms with Crippen LogP contribution in [0.3, 0.4) is 0 Å². The van der Waals surface area contributed by atoms with Crippen LogP contribution in [0.5, 0.6) is 11.5 Å². The second kappa shape index (κ2) is 6.46. The van der Waals surface area contributed by atoms with Crippen LogP contribution < -0.4 is 26.5 Å². The topological polar surface area (TPSA) is 18.5 Å². The zero-order valence-electron chi connectivity index (χ0n) is 13.0. The van der Waals surface area contributed by atoms with Crippen molar-refractivity contribution in [3.8, 4) is 11.5 Å². The SMILES string of the molecule is C[N+]1(Cc2ccc(Br)cc2)CCc2cc3c(cc2C1)OCO3.[Br-]. The van der Waals surface area contributed by atoms with E-state index in [0.29, 0.717) is 6.79 Å². The van der Waals surface area contributed by atoms with Gasteiger partial charge in [0, 0.05) is 22.0 Å². The molecular formula is C18H19Br2NO2. The van der Waals surface area contributed by atoms with Gasteiger partial charge < -0.3 is 30.9 Å². The van der Waals surface area contributed by atoms with Crippen molar-refractivity contribution in [1.82, 2.24) is 0 Å². The molecule has 4 rings (SSSR count). The second-order valence-corrected chi connectivity index (χ2v) is 7.43. The first-order valence-corrected chi connectivity index (χ1v) is 8.40. The quantitative estimate of drug-likeness (QED) is 0.645. The molecule has 0 bridgehead atoms. The number of ether oxygens (including phenoxy) is 2. The molecule has 2 aliphatic rings. The number of benzene rings is 2. The molecule has 0 radical (unpaired) electrons. The van der Waals surface area contributed by atoms with Crippen molar-refractivity contribution < 1.29 is 30.9 Å². The summed E-state index contributed by atoms with van der Waals surface area (Å²) in [6.45, 7) is 3.61.